The van der Waals surface area contributed by atoms with Crippen molar-refractivity contribution < 1.29 is 9.47 Å². The summed E-state index contributed by atoms with van der Waals surface area (Å²) in [4.78, 5) is 1.35. The molecular formula is C23H28O2S. The SMILES string of the molecule is CCC=CC(CC(C)CCSc1ccccc1)C1Oc2ccccc2O1. The molecule has 1 heterocycles. The summed E-state index contributed by atoms with van der Waals surface area (Å²) in [5.74, 6) is 3.76. The van der Waals surface area contributed by atoms with E-state index in [4.69, 9.17) is 9.47 Å². The van der Waals surface area contributed by atoms with Crippen LogP contribution in [0, 0.1) is 11.8 Å². The zero-order chi connectivity index (χ0) is 18.2. The molecule has 138 valence electrons. The molecule has 3 heteroatoms. The number of hydrogen-bond acceptors (Lipinski definition) is 3. The van der Waals surface area contributed by atoms with Gasteiger partial charge in [0.05, 0.1) is 5.92 Å². The average molecular weight is 369 g/mol. The zero-order valence-electron chi connectivity index (χ0n) is 15.6. The van der Waals surface area contributed by atoms with E-state index in [-0.39, 0.29) is 12.2 Å². The second-order valence-electron chi connectivity index (χ2n) is 6.84. The van der Waals surface area contributed by atoms with E-state index in [9.17, 15) is 0 Å². The number of fused-ring (bicyclic) bond motifs is 1. The van der Waals surface area contributed by atoms with Gasteiger partial charge in [-0.3, -0.25) is 0 Å². The van der Waals surface area contributed by atoms with Crippen LogP contribution in [0.25, 0.3) is 0 Å². The summed E-state index contributed by atoms with van der Waals surface area (Å²) in [5.41, 5.74) is 0. The summed E-state index contributed by atoms with van der Waals surface area (Å²) in [6.45, 7) is 4.50. The van der Waals surface area contributed by atoms with Crippen molar-refractivity contribution in [1.82, 2.24) is 0 Å². The van der Waals surface area contributed by atoms with Crippen molar-refractivity contribution in [2.24, 2.45) is 11.8 Å². The highest BCUT2D eigenvalue weighted by atomic mass is 32.2. The van der Waals surface area contributed by atoms with Crippen molar-refractivity contribution in [1.29, 1.82) is 0 Å². The number of ether oxygens (including phenoxy) is 2. The number of hydrogen-bond donors (Lipinski definition) is 0. The summed E-state index contributed by atoms with van der Waals surface area (Å²) >= 11 is 1.94. The molecule has 0 N–H and O–H groups in total. The molecule has 2 nitrogen and oxygen atoms in total. The minimum absolute atomic E-state index is 0.209. The highest BCUT2D eigenvalue weighted by molar-refractivity contribution is 7.99. The van der Waals surface area contributed by atoms with Crippen molar-refractivity contribution in [3.63, 3.8) is 0 Å². The fourth-order valence-electron chi connectivity index (χ4n) is 3.16. The summed E-state index contributed by atoms with van der Waals surface area (Å²) in [6, 6.07) is 18.6. The predicted octanol–water partition coefficient (Wildman–Crippen LogP) is 6.57. The van der Waals surface area contributed by atoms with Gasteiger partial charge in [-0.05, 0) is 55.2 Å². The lowest BCUT2D eigenvalue weighted by molar-refractivity contribution is 0.00539. The van der Waals surface area contributed by atoms with E-state index in [0.717, 1.165) is 30.1 Å². The Kier molecular flexibility index (Phi) is 7.07. The molecule has 2 unspecified atom stereocenters. The Balaban J connectivity index is 1.52. The second kappa shape index (κ2) is 9.72. The molecule has 0 saturated heterocycles. The molecule has 0 radical (unpaired) electrons. The van der Waals surface area contributed by atoms with Crippen LogP contribution in [0.1, 0.15) is 33.1 Å². The number of para-hydroxylation sites is 2. The number of benzene rings is 2. The van der Waals surface area contributed by atoms with E-state index in [1.165, 1.54) is 11.3 Å². The van der Waals surface area contributed by atoms with E-state index in [0.29, 0.717) is 5.92 Å². The molecule has 0 bridgehead atoms. The van der Waals surface area contributed by atoms with Crippen LogP contribution < -0.4 is 9.47 Å². The third-order valence-electron chi connectivity index (χ3n) is 4.60. The maximum absolute atomic E-state index is 6.06. The van der Waals surface area contributed by atoms with Crippen LogP contribution in [0.4, 0.5) is 0 Å². The molecule has 1 aliphatic heterocycles. The Labute approximate surface area is 161 Å². The van der Waals surface area contributed by atoms with Crippen LogP contribution in [-0.4, -0.2) is 12.0 Å². The summed E-state index contributed by atoms with van der Waals surface area (Å²) in [6.07, 6.45) is 7.59. The summed E-state index contributed by atoms with van der Waals surface area (Å²) in [7, 11) is 0. The van der Waals surface area contributed by atoms with Crippen LogP contribution in [-0.2, 0) is 0 Å². The molecule has 0 amide bonds. The van der Waals surface area contributed by atoms with Gasteiger partial charge in [0.15, 0.2) is 11.5 Å². The maximum Gasteiger partial charge on any atom is 0.247 e. The number of rotatable bonds is 9. The molecule has 2 aromatic carbocycles. The Morgan fingerprint density at radius 3 is 2.31 bits per heavy atom. The molecule has 0 spiro atoms. The van der Waals surface area contributed by atoms with Crippen molar-refractivity contribution >= 4 is 11.8 Å². The van der Waals surface area contributed by atoms with Crippen molar-refractivity contribution in [2.45, 2.75) is 44.3 Å². The highest BCUT2D eigenvalue weighted by Gasteiger charge is 2.31. The first-order valence-electron chi connectivity index (χ1n) is 9.53. The Hall–Kier alpha value is -1.87. The van der Waals surface area contributed by atoms with Crippen LogP contribution in [0.5, 0.6) is 11.5 Å². The molecular weight excluding hydrogens is 340 g/mol. The Morgan fingerprint density at radius 1 is 1.00 bits per heavy atom. The number of thioether (sulfide) groups is 1. The molecule has 0 saturated carbocycles. The first-order chi connectivity index (χ1) is 12.8. The van der Waals surface area contributed by atoms with Crippen LogP contribution >= 0.6 is 11.8 Å². The highest BCUT2D eigenvalue weighted by Crippen LogP contribution is 2.38. The van der Waals surface area contributed by atoms with E-state index < -0.39 is 0 Å². The van der Waals surface area contributed by atoms with Gasteiger partial charge in [0.2, 0.25) is 6.29 Å². The monoisotopic (exact) mass is 368 g/mol. The molecule has 2 aromatic rings. The van der Waals surface area contributed by atoms with Gasteiger partial charge in [0.25, 0.3) is 0 Å². The molecule has 0 fully saturated rings. The lowest BCUT2D eigenvalue weighted by Crippen LogP contribution is -2.29. The Morgan fingerprint density at radius 2 is 1.65 bits per heavy atom. The molecule has 0 aliphatic carbocycles. The fourth-order valence-corrected chi connectivity index (χ4v) is 4.27. The normalized spacial score (nSPS) is 16.1. The lowest BCUT2D eigenvalue weighted by atomic mass is 9.93. The van der Waals surface area contributed by atoms with Gasteiger partial charge in [-0.25, -0.2) is 0 Å². The minimum Gasteiger partial charge on any atom is -0.450 e. The average Bonchev–Trinajstić information content (AvgIpc) is 3.10. The maximum atomic E-state index is 6.06. The van der Waals surface area contributed by atoms with Gasteiger partial charge < -0.3 is 9.47 Å². The Bertz CT molecular complexity index is 673. The van der Waals surface area contributed by atoms with Gasteiger partial charge in [0.1, 0.15) is 0 Å². The second-order valence-corrected chi connectivity index (χ2v) is 8.01. The quantitative estimate of drug-likeness (QED) is 0.368. The first-order valence-corrected chi connectivity index (χ1v) is 10.5. The van der Waals surface area contributed by atoms with Crippen molar-refractivity contribution in [3.8, 4) is 11.5 Å². The van der Waals surface area contributed by atoms with Gasteiger partial charge in [0, 0.05) is 4.90 Å². The standard InChI is InChI=1S/C23H28O2S/c1-3-4-10-19(23-24-21-13-8-9-14-22(21)25-23)17-18(2)15-16-26-20-11-6-5-7-12-20/h4-14,18-19,23H,3,15-17H2,1-2H3. The van der Waals surface area contributed by atoms with Gasteiger partial charge >= 0.3 is 0 Å². The van der Waals surface area contributed by atoms with E-state index >= 15 is 0 Å². The first kappa shape index (κ1) is 18.9. The van der Waals surface area contributed by atoms with E-state index in [1.54, 1.807) is 0 Å². The van der Waals surface area contributed by atoms with Gasteiger partial charge in [-0.2, -0.15) is 0 Å². The smallest absolute Gasteiger partial charge is 0.247 e. The largest absolute Gasteiger partial charge is 0.450 e. The van der Waals surface area contributed by atoms with Gasteiger partial charge in [-0.1, -0.05) is 56.3 Å². The van der Waals surface area contributed by atoms with Gasteiger partial charge in [-0.15, -0.1) is 11.8 Å². The van der Waals surface area contributed by atoms with E-state index in [1.807, 2.05) is 36.0 Å². The number of allylic oxidation sites excluding steroid dienone is 1. The molecule has 3 rings (SSSR count). The lowest BCUT2D eigenvalue weighted by Gasteiger charge is -2.23. The zero-order valence-corrected chi connectivity index (χ0v) is 16.5. The topological polar surface area (TPSA) is 18.5 Å². The van der Waals surface area contributed by atoms with Crippen molar-refractivity contribution in [3.05, 3.63) is 66.7 Å². The third kappa shape index (κ3) is 5.31. The molecule has 1 aliphatic rings. The van der Waals surface area contributed by atoms with Crippen molar-refractivity contribution in [2.75, 3.05) is 5.75 Å². The molecule has 0 aromatic heterocycles. The summed E-state index contributed by atoms with van der Waals surface area (Å²) in [5, 5.41) is 0. The molecule has 26 heavy (non-hydrogen) atoms. The third-order valence-corrected chi connectivity index (χ3v) is 5.65. The summed E-state index contributed by atoms with van der Waals surface area (Å²) < 4.78 is 12.1. The molecule has 2 atom stereocenters. The van der Waals surface area contributed by atoms with Crippen LogP contribution in [0.2, 0.25) is 0 Å². The predicted molar refractivity (Wildman–Crippen MR) is 110 cm³/mol. The van der Waals surface area contributed by atoms with Crippen LogP contribution in [0.3, 0.4) is 0 Å². The fraction of sp³-hybridized carbons (Fsp3) is 0.391. The minimum atomic E-state index is -0.209. The van der Waals surface area contributed by atoms with E-state index in [2.05, 4.69) is 56.3 Å². The van der Waals surface area contributed by atoms with Crippen LogP contribution in [0.15, 0.2) is 71.6 Å².